The number of hydrogen-bond acceptors (Lipinski definition) is 2. The summed E-state index contributed by atoms with van der Waals surface area (Å²) in [4.78, 5) is 7.71. The molecule has 0 aliphatic carbocycles. The summed E-state index contributed by atoms with van der Waals surface area (Å²) in [6, 6.07) is 137. The molecule has 0 fully saturated rings. The molecule has 10 heteroatoms. The summed E-state index contributed by atoms with van der Waals surface area (Å²) in [6.45, 7) is 26.3. The quantitative estimate of drug-likeness (QED) is 0.0527. The van der Waals surface area contributed by atoms with Gasteiger partial charge in [-0.25, -0.2) is 0 Å². The molecule has 14 rings (SSSR count). The van der Waals surface area contributed by atoms with Crippen LogP contribution in [0.15, 0.2) is 413 Å². The van der Waals surface area contributed by atoms with E-state index in [1.54, 1.807) is 24.8 Å². The van der Waals surface area contributed by atoms with Crippen LogP contribution in [0.4, 0.5) is 0 Å². The number of aromatic nitrogens is 2. The normalized spacial score (nSPS) is 8.89. The third-order valence-corrected chi connectivity index (χ3v) is 23.7. The Bertz CT molecular complexity index is 3580. The Labute approximate surface area is 719 Å². The van der Waals surface area contributed by atoms with Gasteiger partial charge in [0.25, 0.3) is 0 Å². The molecule has 12 aromatic carbocycles. The Morgan fingerprint density at radius 2 is 0.393 bits per heavy atom. The zero-order valence-corrected chi connectivity index (χ0v) is 76.4. The average Bonchev–Trinajstić information content (AvgIpc) is 0.842. The second-order valence-corrected chi connectivity index (χ2v) is 30.7. The first-order valence-corrected chi connectivity index (χ1v) is 42.9. The van der Waals surface area contributed by atoms with Gasteiger partial charge < -0.3 is 7.43 Å². The van der Waals surface area contributed by atoms with Gasteiger partial charge >= 0.3 is 0 Å². The Morgan fingerprint density at radius 1 is 0.259 bits per heavy atom. The number of terminal acetylenes is 1. The minimum atomic E-state index is -0.446. The van der Waals surface area contributed by atoms with Crippen LogP contribution >= 0.6 is 31.7 Å². The van der Waals surface area contributed by atoms with Crippen LogP contribution in [0.1, 0.15) is 117 Å². The van der Waals surface area contributed by atoms with E-state index in [1.807, 2.05) is 86.6 Å². The number of rotatable bonds is 12. The second kappa shape index (κ2) is 72.5. The van der Waals surface area contributed by atoms with Gasteiger partial charge in [0.15, 0.2) is 0 Å². The van der Waals surface area contributed by atoms with E-state index in [0.717, 1.165) is 11.1 Å². The molecule has 112 heavy (non-hydrogen) atoms. The number of pyridine rings is 2. The predicted molar refractivity (Wildman–Crippen MR) is 509 cm³/mol. The van der Waals surface area contributed by atoms with E-state index in [9.17, 15) is 0 Å². The molecule has 0 saturated carbocycles. The number of hydrogen-bond donors (Lipinski definition) is 0. The van der Waals surface area contributed by atoms with E-state index in [0.29, 0.717) is 0 Å². The van der Waals surface area contributed by atoms with Crippen LogP contribution in [0.2, 0.25) is 0 Å². The average molecular weight is 1810 g/mol. The molecule has 580 valence electrons. The topological polar surface area (TPSA) is 25.8 Å². The molecular weight excluding hydrogens is 1690 g/mol. The molecule has 0 atom stereocenters. The van der Waals surface area contributed by atoms with Crippen molar-refractivity contribution in [3.05, 3.63) is 432 Å². The first-order valence-electron chi connectivity index (χ1n) is 37.5. The van der Waals surface area contributed by atoms with Crippen molar-refractivity contribution < 1.29 is 44.3 Å². The molecule has 0 amide bonds. The van der Waals surface area contributed by atoms with Crippen molar-refractivity contribution in [1.29, 1.82) is 0 Å². The van der Waals surface area contributed by atoms with Gasteiger partial charge in [0.1, 0.15) is 0 Å². The van der Waals surface area contributed by atoms with E-state index >= 15 is 0 Å². The monoisotopic (exact) mass is 1810 g/mol. The molecular formula is C102H119B2N2P4PdW-. The van der Waals surface area contributed by atoms with Crippen molar-refractivity contribution in [2.24, 2.45) is 0 Å². The van der Waals surface area contributed by atoms with Crippen LogP contribution in [0.5, 0.6) is 0 Å². The van der Waals surface area contributed by atoms with Gasteiger partial charge in [0.2, 0.25) is 0 Å². The van der Waals surface area contributed by atoms with E-state index in [2.05, 4.69) is 419 Å². The molecule has 0 saturated heterocycles. The van der Waals surface area contributed by atoms with Crippen molar-refractivity contribution in [2.75, 3.05) is 0 Å². The maximum atomic E-state index is 5.06. The Morgan fingerprint density at radius 3 is 0.491 bits per heavy atom. The fourth-order valence-electron chi connectivity index (χ4n) is 9.74. The second-order valence-electron chi connectivity index (χ2n) is 21.8. The summed E-state index contributed by atoms with van der Waals surface area (Å²) in [6.07, 6.45) is 14.4. The van der Waals surface area contributed by atoms with Crippen LogP contribution in [0, 0.1) is 31.6 Å². The Hall–Kier alpha value is -8.74. The zero-order valence-electron chi connectivity index (χ0n) is 68.3. The van der Waals surface area contributed by atoms with Gasteiger partial charge in [0, 0.05) is 97.1 Å². The molecule has 0 bridgehead atoms. The summed E-state index contributed by atoms with van der Waals surface area (Å²) in [7, 11) is -1.78. The maximum Gasteiger partial charge on any atom is 0.0428 e. The van der Waals surface area contributed by atoms with E-state index < -0.39 is 31.7 Å². The van der Waals surface area contributed by atoms with Gasteiger partial charge in [-0.3, -0.25) is 9.97 Å². The molecule has 0 aliphatic heterocycles. The maximum absolute atomic E-state index is 5.06. The van der Waals surface area contributed by atoms with Crippen LogP contribution in [-0.4, -0.2) is 26.8 Å². The first-order chi connectivity index (χ1) is 53.0. The molecule has 2 heterocycles. The van der Waals surface area contributed by atoms with Crippen molar-refractivity contribution in [3.8, 4) is 24.2 Å². The zero-order chi connectivity index (χ0) is 77.4. The standard InChI is InChI=1S/4C18H15P.C8H7N.C7H5N.2C3H8.4C2H6.CH3.2B.Pd.W.2H2/c4*1-4-10-16(11-5-1)19(17-12-6-2-7-13-17)18-14-8-3-9-15-18;1-2-4-8-5-3-6-9-7-8;1-2-7-4-3-5-8-6-7;2*1-3-2;4*1-2;;;;;;;/h4*1-15H;3,5-7H,1H3;1,3-6H;2*3H2,1-2H3;4*1-2H3;1H3;;;;;2*1H/q;;;;;;;;;;;;-1;;;;;;/i;;;;;;;;;;;;;;;;;2*1+2. The summed E-state index contributed by atoms with van der Waals surface area (Å²) < 4.78 is 0. The fourth-order valence-corrected chi connectivity index (χ4v) is 19.0. The van der Waals surface area contributed by atoms with Gasteiger partial charge in [-0.2, -0.15) is 0 Å². The summed E-state index contributed by atoms with van der Waals surface area (Å²) in [5.74, 6) is 8.15. The molecule has 14 aromatic rings. The fraction of sp³-hybridized carbons (Fsp3) is 0.147. The van der Waals surface area contributed by atoms with Crippen LogP contribution in [0.25, 0.3) is 0 Å². The van der Waals surface area contributed by atoms with Gasteiger partial charge in [-0.15, -0.1) is 12.3 Å². The number of benzene rings is 12. The molecule has 6 radical (unpaired) electrons. The van der Waals surface area contributed by atoms with Crippen LogP contribution in [0.3, 0.4) is 0 Å². The number of nitrogens with zero attached hydrogens (tertiary/aromatic N) is 2. The van der Waals surface area contributed by atoms with Gasteiger partial charge in [-0.05, 0) is 127 Å². The SMILES string of the molecule is C#Cc1cccnc1.CC.CC.CC.CC.CC#Cc1cccnc1.CCC.CCC.[3HH].[3HH].[B].[B].[CH3-].[Pd].[W].c1ccc(P(c2ccccc2)c2ccccc2)cc1.c1ccc(P(c2ccccc2)c2ccccc2)cc1.c1ccc(P(c2ccccc2)c2ccccc2)cc1.c1ccc(P(c2ccccc2)c2ccccc2)cc1. The minimum absolute atomic E-state index is 0. The third-order valence-electron chi connectivity index (χ3n) is 13.9. The van der Waals surface area contributed by atoms with Crippen LogP contribution < -0.4 is 63.7 Å². The predicted octanol–water partition coefficient (Wildman–Crippen LogP) is 23.4. The van der Waals surface area contributed by atoms with Crippen molar-refractivity contribution >= 4 is 112 Å². The van der Waals surface area contributed by atoms with E-state index in [1.165, 1.54) is 76.5 Å². The molecule has 2 aromatic heterocycles. The largest absolute Gasteiger partial charge is 0.358 e. The van der Waals surface area contributed by atoms with Crippen molar-refractivity contribution in [2.45, 2.75) is 103 Å². The summed E-state index contributed by atoms with van der Waals surface area (Å²) in [5, 5.41) is 16.8. The molecule has 0 spiro atoms. The molecule has 0 aliphatic rings. The Balaban J connectivity index is -0.000000406. The minimum Gasteiger partial charge on any atom is -0.358 e. The third kappa shape index (κ3) is 41.7. The Kier molecular flexibility index (Phi) is 69.5. The summed E-state index contributed by atoms with van der Waals surface area (Å²) >= 11 is 0. The van der Waals surface area contributed by atoms with Crippen molar-refractivity contribution in [1.82, 2.24) is 9.97 Å². The van der Waals surface area contributed by atoms with Gasteiger partial charge in [0.05, 0.1) is 0 Å². The van der Waals surface area contributed by atoms with E-state index in [-0.39, 0.29) is 68.6 Å². The summed E-state index contributed by atoms with van der Waals surface area (Å²) in [5.41, 5.74) is 1.80. The van der Waals surface area contributed by atoms with E-state index in [4.69, 9.17) is 6.42 Å². The van der Waals surface area contributed by atoms with Gasteiger partial charge in [-0.1, -0.05) is 472 Å². The van der Waals surface area contributed by atoms with Crippen molar-refractivity contribution in [3.63, 3.8) is 0 Å². The smallest absolute Gasteiger partial charge is 0.0428 e. The molecule has 0 unspecified atom stereocenters. The molecule has 0 N–H and O–H groups in total. The first kappa shape index (κ1) is 107. The molecule has 2 nitrogen and oxygen atoms in total. The van der Waals surface area contributed by atoms with Crippen LogP contribution in [-0.2, 0) is 41.5 Å².